The van der Waals surface area contributed by atoms with Crippen molar-refractivity contribution in [1.29, 1.82) is 0 Å². The van der Waals surface area contributed by atoms with Gasteiger partial charge in [-0.25, -0.2) is 4.98 Å². The van der Waals surface area contributed by atoms with Gasteiger partial charge in [0, 0.05) is 18.3 Å². The molecule has 1 atom stereocenters. The molecule has 0 aliphatic heterocycles. The number of ether oxygens (including phenoxy) is 1. The predicted molar refractivity (Wildman–Crippen MR) is 68.5 cm³/mol. The number of hydrogen-bond donors (Lipinski definition) is 2. The van der Waals surface area contributed by atoms with Crippen molar-refractivity contribution in [2.24, 2.45) is 5.73 Å². The van der Waals surface area contributed by atoms with Crippen LogP contribution in [0.5, 0.6) is 5.88 Å². The maximum Gasteiger partial charge on any atom is 0.422 e. The van der Waals surface area contributed by atoms with Crippen LogP contribution in [0.2, 0.25) is 0 Å². The normalized spacial score (nSPS) is 12.2. The fourth-order valence-corrected chi connectivity index (χ4v) is 1.18. The second kappa shape index (κ2) is 7.91. The molecule has 0 saturated carbocycles. The van der Waals surface area contributed by atoms with Crippen molar-refractivity contribution in [1.82, 2.24) is 10.3 Å². The van der Waals surface area contributed by atoms with E-state index in [1.54, 1.807) is 0 Å². The minimum Gasteiger partial charge on any atom is -0.468 e. The van der Waals surface area contributed by atoms with Crippen LogP contribution in [0.25, 0.3) is 0 Å². The van der Waals surface area contributed by atoms with E-state index in [-0.39, 0.29) is 24.8 Å². The molecule has 0 fully saturated rings. The lowest BCUT2D eigenvalue weighted by Gasteiger charge is -2.13. The van der Waals surface area contributed by atoms with Gasteiger partial charge in [-0.3, -0.25) is 4.79 Å². The van der Waals surface area contributed by atoms with Gasteiger partial charge in [-0.05, 0) is 13.0 Å². The second-order valence-electron chi connectivity index (χ2n) is 3.88. The minimum atomic E-state index is -4.44. The number of amides is 1. The van der Waals surface area contributed by atoms with Crippen LogP contribution in [0.1, 0.15) is 12.5 Å². The van der Waals surface area contributed by atoms with E-state index >= 15 is 0 Å². The maximum atomic E-state index is 12.1. The molecular weight excluding hydrogens is 299 g/mol. The summed E-state index contributed by atoms with van der Waals surface area (Å²) >= 11 is 0. The molecule has 9 heteroatoms. The highest BCUT2D eigenvalue weighted by Crippen LogP contribution is 2.19. The van der Waals surface area contributed by atoms with Crippen molar-refractivity contribution in [3.05, 3.63) is 23.9 Å². The molecule has 0 aromatic carbocycles. The van der Waals surface area contributed by atoms with Gasteiger partial charge in [0.2, 0.25) is 11.8 Å². The predicted octanol–water partition coefficient (Wildman–Crippen LogP) is 1.41. The molecular formula is C11H15ClF3N3O2. The standard InChI is InChI=1S/C11H14F3N3O2.ClH/c1-7(15)9(18)17-5-8-3-2-4-16-10(8)19-6-11(12,13)14;/h2-4,7H,5-6,15H2,1H3,(H,17,18);1H. The summed E-state index contributed by atoms with van der Waals surface area (Å²) in [5.74, 6) is -0.574. The van der Waals surface area contributed by atoms with Crippen LogP contribution >= 0.6 is 12.4 Å². The number of nitrogens with two attached hydrogens (primary N) is 1. The number of hydrogen-bond acceptors (Lipinski definition) is 4. The molecule has 1 heterocycles. The average Bonchev–Trinajstić information content (AvgIpc) is 2.33. The fraction of sp³-hybridized carbons (Fsp3) is 0.455. The third kappa shape index (κ3) is 6.58. The number of nitrogens with zero attached hydrogens (tertiary/aromatic N) is 1. The first-order chi connectivity index (χ1) is 8.79. The van der Waals surface area contributed by atoms with Crippen molar-refractivity contribution in [3.8, 4) is 5.88 Å². The molecule has 0 spiro atoms. The molecule has 1 aromatic rings. The van der Waals surface area contributed by atoms with Crippen LogP contribution in [0.15, 0.2) is 18.3 Å². The van der Waals surface area contributed by atoms with Gasteiger partial charge >= 0.3 is 6.18 Å². The number of carbonyl (C=O) groups excluding carboxylic acids is 1. The summed E-state index contributed by atoms with van der Waals surface area (Å²) in [6.07, 6.45) is -3.13. The average molecular weight is 314 g/mol. The summed E-state index contributed by atoms with van der Waals surface area (Å²) < 4.78 is 40.7. The summed E-state index contributed by atoms with van der Waals surface area (Å²) in [5, 5.41) is 2.47. The van der Waals surface area contributed by atoms with Crippen molar-refractivity contribution in [3.63, 3.8) is 0 Å². The first-order valence-corrected chi connectivity index (χ1v) is 5.46. The number of rotatable bonds is 5. The number of pyridine rings is 1. The fourth-order valence-electron chi connectivity index (χ4n) is 1.18. The van der Waals surface area contributed by atoms with Crippen molar-refractivity contribution in [2.75, 3.05) is 6.61 Å². The molecule has 0 aliphatic carbocycles. The first-order valence-electron chi connectivity index (χ1n) is 5.46. The number of carbonyl (C=O) groups is 1. The summed E-state index contributed by atoms with van der Waals surface area (Å²) in [6.45, 7) is 0.0687. The lowest BCUT2D eigenvalue weighted by Crippen LogP contribution is -2.37. The second-order valence-corrected chi connectivity index (χ2v) is 3.88. The molecule has 20 heavy (non-hydrogen) atoms. The summed E-state index contributed by atoms with van der Waals surface area (Å²) in [5.41, 5.74) is 5.69. The monoisotopic (exact) mass is 313 g/mol. The lowest BCUT2D eigenvalue weighted by molar-refractivity contribution is -0.154. The quantitative estimate of drug-likeness (QED) is 0.861. The maximum absolute atomic E-state index is 12.1. The van der Waals surface area contributed by atoms with Crippen LogP contribution in [0.3, 0.4) is 0 Å². The van der Waals surface area contributed by atoms with Gasteiger partial charge in [0.05, 0.1) is 6.04 Å². The molecule has 0 bridgehead atoms. The van der Waals surface area contributed by atoms with Crippen molar-refractivity contribution < 1.29 is 22.7 Å². The molecule has 114 valence electrons. The third-order valence-electron chi connectivity index (χ3n) is 2.09. The zero-order valence-electron chi connectivity index (χ0n) is 10.6. The highest BCUT2D eigenvalue weighted by Gasteiger charge is 2.29. The molecule has 3 N–H and O–H groups in total. The lowest BCUT2D eigenvalue weighted by atomic mass is 10.2. The number of aromatic nitrogens is 1. The Morgan fingerprint density at radius 2 is 2.20 bits per heavy atom. The van der Waals surface area contributed by atoms with Gasteiger partial charge in [0.1, 0.15) is 0 Å². The minimum absolute atomic E-state index is 0. The van der Waals surface area contributed by atoms with E-state index in [0.717, 1.165) is 0 Å². The molecule has 0 radical (unpaired) electrons. The van der Waals surface area contributed by atoms with Crippen LogP contribution in [-0.2, 0) is 11.3 Å². The number of alkyl halides is 3. The summed E-state index contributed by atoms with van der Waals surface area (Å²) in [7, 11) is 0. The SMILES string of the molecule is CC(N)C(=O)NCc1cccnc1OCC(F)(F)F.Cl. The highest BCUT2D eigenvalue weighted by molar-refractivity contribution is 5.85. The number of nitrogens with one attached hydrogen (secondary N) is 1. The van der Waals surface area contributed by atoms with Crippen LogP contribution in [0, 0.1) is 0 Å². The largest absolute Gasteiger partial charge is 0.468 e. The summed E-state index contributed by atoms with van der Waals surface area (Å²) in [4.78, 5) is 15.0. The Morgan fingerprint density at radius 3 is 2.75 bits per heavy atom. The van der Waals surface area contributed by atoms with E-state index in [1.807, 2.05) is 0 Å². The van der Waals surface area contributed by atoms with E-state index in [9.17, 15) is 18.0 Å². The Bertz CT molecular complexity index is 441. The van der Waals surface area contributed by atoms with Crippen molar-refractivity contribution in [2.45, 2.75) is 25.7 Å². The van der Waals surface area contributed by atoms with E-state index < -0.39 is 24.7 Å². The van der Waals surface area contributed by atoms with Crippen LogP contribution in [-0.4, -0.2) is 29.7 Å². The van der Waals surface area contributed by atoms with Gasteiger partial charge in [0.25, 0.3) is 0 Å². The molecule has 5 nitrogen and oxygen atoms in total. The van der Waals surface area contributed by atoms with Crippen molar-refractivity contribution >= 4 is 18.3 Å². The Kier molecular flexibility index (Phi) is 7.30. The van der Waals surface area contributed by atoms with E-state index in [2.05, 4.69) is 15.0 Å². The Morgan fingerprint density at radius 1 is 1.55 bits per heavy atom. The summed E-state index contributed by atoms with van der Waals surface area (Å²) in [6, 6.07) is 2.35. The molecule has 1 rings (SSSR count). The Balaban J connectivity index is 0.00000361. The number of halogens is 4. The molecule has 0 aliphatic rings. The Hall–Kier alpha value is -1.54. The topological polar surface area (TPSA) is 77.2 Å². The van der Waals surface area contributed by atoms with Gasteiger partial charge in [-0.15, -0.1) is 12.4 Å². The smallest absolute Gasteiger partial charge is 0.422 e. The van der Waals surface area contributed by atoms with E-state index in [0.29, 0.717) is 5.56 Å². The van der Waals surface area contributed by atoms with Gasteiger partial charge in [0.15, 0.2) is 6.61 Å². The van der Waals surface area contributed by atoms with Gasteiger partial charge in [-0.1, -0.05) is 6.07 Å². The van der Waals surface area contributed by atoms with Gasteiger partial charge < -0.3 is 15.8 Å². The molecule has 0 saturated heterocycles. The zero-order chi connectivity index (χ0) is 14.5. The van der Waals surface area contributed by atoms with Crippen LogP contribution in [0.4, 0.5) is 13.2 Å². The molecule has 1 aromatic heterocycles. The Labute approximate surface area is 120 Å². The van der Waals surface area contributed by atoms with E-state index in [4.69, 9.17) is 5.73 Å². The van der Waals surface area contributed by atoms with E-state index in [1.165, 1.54) is 25.3 Å². The zero-order valence-corrected chi connectivity index (χ0v) is 11.4. The first kappa shape index (κ1) is 18.5. The molecule has 1 unspecified atom stereocenters. The van der Waals surface area contributed by atoms with Crippen LogP contribution < -0.4 is 15.8 Å². The highest BCUT2D eigenvalue weighted by atomic mass is 35.5. The van der Waals surface area contributed by atoms with Gasteiger partial charge in [-0.2, -0.15) is 13.2 Å². The molecule has 1 amide bonds. The third-order valence-corrected chi connectivity index (χ3v) is 2.09.